The van der Waals surface area contributed by atoms with Crippen LogP contribution in [0.4, 0.5) is 11.6 Å². The number of hydrogen-bond donors (Lipinski definition) is 2. The molecule has 2 rings (SSSR count). The number of nitrogens with one attached hydrogen (secondary N) is 1. The summed E-state index contributed by atoms with van der Waals surface area (Å²) in [7, 11) is 1.84. The lowest BCUT2D eigenvalue weighted by atomic mass is 10.3. The van der Waals surface area contributed by atoms with Crippen molar-refractivity contribution in [1.82, 2.24) is 9.97 Å². The van der Waals surface area contributed by atoms with Gasteiger partial charge in [-0.25, -0.2) is 9.97 Å². The predicted molar refractivity (Wildman–Crippen MR) is 59.2 cm³/mol. The molecule has 5 nitrogen and oxygen atoms in total. The van der Waals surface area contributed by atoms with Crippen LogP contribution >= 0.6 is 0 Å². The Morgan fingerprint density at radius 1 is 1.53 bits per heavy atom. The number of hydrogen-bond acceptors (Lipinski definition) is 5. The Morgan fingerprint density at radius 2 is 2.33 bits per heavy atom. The molecule has 1 aromatic heterocycles. The third-order valence-corrected chi connectivity index (χ3v) is 2.57. The molecule has 1 saturated heterocycles. The first kappa shape index (κ1) is 10.2. The number of anilines is 2. The van der Waals surface area contributed by atoms with Crippen LogP contribution in [0.15, 0.2) is 6.07 Å². The Bertz CT molecular complexity index is 355. The molecule has 0 radical (unpaired) electrons. The number of aliphatic hydroxyl groups is 1. The van der Waals surface area contributed by atoms with E-state index in [1.165, 1.54) is 0 Å². The number of β-amino-alcohol motifs (C(OH)–C–C–N with tert-alkyl or cyclic N) is 1. The Labute approximate surface area is 89.2 Å². The summed E-state index contributed by atoms with van der Waals surface area (Å²) in [5.74, 6) is 2.46. The number of aryl methyl sites for hydroxylation is 1. The molecule has 15 heavy (non-hydrogen) atoms. The SMILES string of the molecule is CNc1cc(N2CCC(O)C2)nc(C)n1. The quantitative estimate of drug-likeness (QED) is 0.736. The van der Waals surface area contributed by atoms with Crippen LogP contribution in [0.1, 0.15) is 12.2 Å². The molecule has 1 aliphatic rings. The third-order valence-electron chi connectivity index (χ3n) is 2.57. The second-order valence-corrected chi connectivity index (χ2v) is 3.80. The van der Waals surface area contributed by atoms with Gasteiger partial charge in [0, 0.05) is 26.2 Å². The van der Waals surface area contributed by atoms with Crippen molar-refractivity contribution in [2.24, 2.45) is 0 Å². The summed E-state index contributed by atoms with van der Waals surface area (Å²) < 4.78 is 0. The molecule has 0 amide bonds. The van der Waals surface area contributed by atoms with Crippen molar-refractivity contribution in [3.05, 3.63) is 11.9 Å². The topological polar surface area (TPSA) is 61.3 Å². The summed E-state index contributed by atoms with van der Waals surface area (Å²) >= 11 is 0. The van der Waals surface area contributed by atoms with E-state index in [2.05, 4.69) is 20.2 Å². The van der Waals surface area contributed by atoms with Gasteiger partial charge >= 0.3 is 0 Å². The standard InChI is InChI=1S/C10H16N4O/c1-7-12-9(11-2)5-10(13-7)14-4-3-8(15)6-14/h5,8,15H,3-4,6H2,1-2H3,(H,11,12,13). The monoisotopic (exact) mass is 208 g/mol. The second-order valence-electron chi connectivity index (χ2n) is 3.80. The molecule has 5 heteroatoms. The zero-order valence-corrected chi connectivity index (χ0v) is 9.06. The normalized spacial score (nSPS) is 20.7. The Balaban J connectivity index is 2.24. The van der Waals surface area contributed by atoms with Crippen LogP contribution in [0.3, 0.4) is 0 Å². The molecule has 0 bridgehead atoms. The molecule has 0 spiro atoms. The van der Waals surface area contributed by atoms with Crippen molar-refractivity contribution < 1.29 is 5.11 Å². The van der Waals surface area contributed by atoms with E-state index in [-0.39, 0.29) is 6.10 Å². The van der Waals surface area contributed by atoms with Gasteiger partial charge in [0.15, 0.2) is 0 Å². The largest absolute Gasteiger partial charge is 0.391 e. The summed E-state index contributed by atoms with van der Waals surface area (Å²) in [5, 5.41) is 12.5. The summed E-state index contributed by atoms with van der Waals surface area (Å²) in [4.78, 5) is 10.7. The van der Waals surface area contributed by atoms with Crippen LogP contribution in [0.5, 0.6) is 0 Å². The van der Waals surface area contributed by atoms with E-state index in [1.807, 2.05) is 20.0 Å². The maximum Gasteiger partial charge on any atom is 0.134 e. The van der Waals surface area contributed by atoms with Gasteiger partial charge in [0.2, 0.25) is 0 Å². The van der Waals surface area contributed by atoms with Crippen LogP contribution in [-0.4, -0.2) is 41.3 Å². The molecule has 0 saturated carbocycles. The van der Waals surface area contributed by atoms with E-state index in [4.69, 9.17) is 0 Å². The fourth-order valence-corrected chi connectivity index (χ4v) is 1.79. The van der Waals surface area contributed by atoms with Crippen molar-refractivity contribution >= 4 is 11.6 Å². The van der Waals surface area contributed by atoms with Crippen molar-refractivity contribution in [3.8, 4) is 0 Å². The fraction of sp³-hybridized carbons (Fsp3) is 0.600. The van der Waals surface area contributed by atoms with Gasteiger partial charge in [-0.15, -0.1) is 0 Å². The van der Waals surface area contributed by atoms with Crippen LogP contribution in [-0.2, 0) is 0 Å². The first-order chi connectivity index (χ1) is 7.19. The summed E-state index contributed by atoms with van der Waals surface area (Å²) in [6.07, 6.45) is 0.594. The summed E-state index contributed by atoms with van der Waals surface area (Å²) in [6, 6.07) is 1.91. The molecular weight excluding hydrogens is 192 g/mol. The first-order valence-corrected chi connectivity index (χ1v) is 5.15. The highest BCUT2D eigenvalue weighted by molar-refractivity contribution is 5.49. The Hall–Kier alpha value is -1.36. The van der Waals surface area contributed by atoms with Crippen molar-refractivity contribution in [2.75, 3.05) is 30.4 Å². The number of aliphatic hydroxyl groups excluding tert-OH is 1. The molecule has 82 valence electrons. The first-order valence-electron chi connectivity index (χ1n) is 5.15. The highest BCUT2D eigenvalue weighted by Gasteiger charge is 2.21. The molecule has 1 fully saturated rings. The summed E-state index contributed by atoms with van der Waals surface area (Å²) in [5.41, 5.74) is 0. The molecule has 0 aliphatic carbocycles. The zero-order chi connectivity index (χ0) is 10.8. The van der Waals surface area contributed by atoms with E-state index in [9.17, 15) is 5.11 Å². The number of nitrogens with zero attached hydrogens (tertiary/aromatic N) is 3. The van der Waals surface area contributed by atoms with Crippen LogP contribution < -0.4 is 10.2 Å². The smallest absolute Gasteiger partial charge is 0.134 e. The molecule has 0 aromatic carbocycles. The van der Waals surface area contributed by atoms with Crippen LogP contribution in [0.25, 0.3) is 0 Å². The predicted octanol–water partition coefficient (Wildman–Crippen LogP) is 0.398. The molecule has 1 unspecified atom stereocenters. The zero-order valence-electron chi connectivity index (χ0n) is 9.06. The lowest BCUT2D eigenvalue weighted by Crippen LogP contribution is -2.22. The number of rotatable bonds is 2. The van der Waals surface area contributed by atoms with E-state index in [1.54, 1.807) is 0 Å². The molecule has 1 atom stereocenters. The Morgan fingerprint density at radius 3 is 2.93 bits per heavy atom. The van der Waals surface area contributed by atoms with E-state index in [0.29, 0.717) is 6.54 Å². The van der Waals surface area contributed by atoms with Gasteiger partial charge in [0.25, 0.3) is 0 Å². The average molecular weight is 208 g/mol. The van der Waals surface area contributed by atoms with Gasteiger partial charge in [-0.3, -0.25) is 0 Å². The maximum absolute atomic E-state index is 9.46. The minimum absolute atomic E-state index is 0.224. The van der Waals surface area contributed by atoms with Crippen LogP contribution in [0, 0.1) is 6.92 Å². The Kier molecular flexibility index (Phi) is 2.73. The summed E-state index contributed by atoms with van der Waals surface area (Å²) in [6.45, 7) is 3.40. The van der Waals surface area contributed by atoms with Gasteiger partial charge in [-0.2, -0.15) is 0 Å². The lowest BCUT2D eigenvalue weighted by Gasteiger charge is -2.17. The van der Waals surface area contributed by atoms with Gasteiger partial charge in [0.1, 0.15) is 17.5 Å². The fourth-order valence-electron chi connectivity index (χ4n) is 1.79. The highest BCUT2D eigenvalue weighted by atomic mass is 16.3. The molecular formula is C10H16N4O. The van der Waals surface area contributed by atoms with Crippen molar-refractivity contribution in [1.29, 1.82) is 0 Å². The van der Waals surface area contributed by atoms with Crippen molar-refractivity contribution in [3.63, 3.8) is 0 Å². The van der Waals surface area contributed by atoms with E-state index < -0.39 is 0 Å². The van der Waals surface area contributed by atoms with Crippen LogP contribution in [0.2, 0.25) is 0 Å². The average Bonchev–Trinajstić information content (AvgIpc) is 2.64. The van der Waals surface area contributed by atoms with E-state index in [0.717, 1.165) is 30.4 Å². The number of aromatic nitrogens is 2. The van der Waals surface area contributed by atoms with Gasteiger partial charge in [0.05, 0.1) is 6.10 Å². The second kappa shape index (κ2) is 4.02. The van der Waals surface area contributed by atoms with Gasteiger partial charge < -0.3 is 15.3 Å². The minimum Gasteiger partial charge on any atom is -0.391 e. The lowest BCUT2D eigenvalue weighted by molar-refractivity contribution is 0.198. The molecule has 2 N–H and O–H groups in total. The third kappa shape index (κ3) is 2.18. The molecule has 1 aliphatic heterocycles. The highest BCUT2D eigenvalue weighted by Crippen LogP contribution is 2.20. The maximum atomic E-state index is 9.46. The molecule has 1 aromatic rings. The molecule has 2 heterocycles. The van der Waals surface area contributed by atoms with Gasteiger partial charge in [-0.05, 0) is 13.3 Å². The van der Waals surface area contributed by atoms with E-state index >= 15 is 0 Å². The van der Waals surface area contributed by atoms with Crippen molar-refractivity contribution in [2.45, 2.75) is 19.4 Å². The minimum atomic E-state index is -0.224. The van der Waals surface area contributed by atoms with Gasteiger partial charge in [-0.1, -0.05) is 0 Å².